The molecule has 2 rings (SSSR count). The Hall–Kier alpha value is -3.00. The SMILES string of the molecule is COCCOc1ncccc1C(=O)Nc1ccc(C)c([N+](=O)[O-])c1. The highest BCUT2D eigenvalue weighted by molar-refractivity contribution is 6.05. The van der Waals surface area contributed by atoms with Crippen LogP contribution in [0.2, 0.25) is 0 Å². The average Bonchev–Trinajstić information content (AvgIpc) is 2.57. The van der Waals surface area contributed by atoms with Crippen molar-refractivity contribution in [3.8, 4) is 5.88 Å². The molecule has 2 aromatic rings. The number of hydrogen-bond donors (Lipinski definition) is 1. The number of aryl methyl sites for hydroxylation is 1. The normalized spacial score (nSPS) is 10.2. The number of aromatic nitrogens is 1. The fourth-order valence-electron chi connectivity index (χ4n) is 1.98. The highest BCUT2D eigenvalue weighted by Crippen LogP contribution is 2.23. The van der Waals surface area contributed by atoms with Gasteiger partial charge in [0.1, 0.15) is 12.2 Å². The lowest BCUT2D eigenvalue weighted by Crippen LogP contribution is -2.15. The third-order valence-electron chi connectivity index (χ3n) is 3.21. The molecule has 8 heteroatoms. The van der Waals surface area contributed by atoms with Crippen LogP contribution in [0.15, 0.2) is 36.5 Å². The predicted molar refractivity (Wildman–Crippen MR) is 87.4 cm³/mol. The van der Waals surface area contributed by atoms with Crippen molar-refractivity contribution in [2.75, 3.05) is 25.6 Å². The molecule has 1 aromatic carbocycles. The summed E-state index contributed by atoms with van der Waals surface area (Å²) in [5.41, 5.74) is 1.01. The molecular formula is C16H17N3O5. The Balaban J connectivity index is 2.18. The molecule has 0 fully saturated rings. The van der Waals surface area contributed by atoms with E-state index in [0.717, 1.165) is 0 Å². The highest BCUT2D eigenvalue weighted by atomic mass is 16.6. The lowest BCUT2D eigenvalue weighted by molar-refractivity contribution is -0.385. The molecule has 0 aliphatic heterocycles. The number of anilines is 1. The Morgan fingerprint density at radius 1 is 1.33 bits per heavy atom. The molecule has 1 amide bonds. The molecule has 0 saturated carbocycles. The van der Waals surface area contributed by atoms with Crippen molar-refractivity contribution in [2.45, 2.75) is 6.92 Å². The molecule has 8 nitrogen and oxygen atoms in total. The van der Waals surface area contributed by atoms with Crippen LogP contribution in [0, 0.1) is 17.0 Å². The van der Waals surface area contributed by atoms with E-state index >= 15 is 0 Å². The van der Waals surface area contributed by atoms with Crippen LogP contribution in [0.5, 0.6) is 5.88 Å². The molecule has 126 valence electrons. The van der Waals surface area contributed by atoms with Gasteiger partial charge in [-0.15, -0.1) is 0 Å². The van der Waals surface area contributed by atoms with Gasteiger partial charge in [0, 0.05) is 30.6 Å². The van der Waals surface area contributed by atoms with Gasteiger partial charge < -0.3 is 14.8 Å². The maximum absolute atomic E-state index is 12.4. The molecule has 0 atom stereocenters. The molecule has 0 aliphatic rings. The summed E-state index contributed by atoms with van der Waals surface area (Å²) in [6.45, 7) is 2.25. The first-order valence-electron chi connectivity index (χ1n) is 7.16. The topological polar surface area (TPSA) is 104 Å². The molecular weight excluding hydrogens is 314 g/mol. The van der Waals surface area contributed by atoms with Gasteiger partial charge in [-0.1, -0.05) is 6.07 Å². The van der Waals surface area contributed by atoms with E-state index in [2.05, 4.69) is 10.3 Å². The Kier molecular flexibility index (Phi) is 5.80. The van der Waals surface area contributed by atoms with E-state index in [1.165, 1.54) is 12.3 Å². The maximum Gasteiger partial charge on any atom is 0.274 e. The maximum atomic E-state index is 12.4. The summed E-state index contributed by atoms with van der Waals surface area (Å²) in [5, 5.41) is 13.6. The second kappa shape index (κ2) is 8.02. The zero-order chi connectivity index (χ0) is 17.5. The molecule has 0 aliphatic carbocycles. The summed E-state index contributed by atoms with van der Waals surface area (Å²) in [7, 11) is 1.54. The number of benzene rings is 1. The minimum absolute atomic E-state index is 0.0597. The van der Waals surface area contributed by atoms with Gasteiger partial charge in [0.15, 0.2) is 0 Å². The second-order valence-electron chi connectivity index (χ2n) is 4.91. The molecule has 0 radical (unpaired) electrons. The third kappa shape index (κ3) is 4.26. The fourth-order valence-corrected chi connectivity index (χ4v) is 1.98. The quantitative estimate of drug-likeness (QED) is 0.475. The number of nitro benzene ring substituents is 1. The van der Waals surface area contributed by atoms with Crippen molar-refractivity contribution in [2.24, 2.45) is 0 Å². The van der Waals surface area contributed by atoms with E-state index in [9.17, 15) is 14.9 Å². The summed E-state index contributed by atoms with van der Waals surface area (Å²) in [4.78, 5) is 26.9. The zero-order valence-corrected chi connectivity index (χ0v) is 13.3. The van der Waals surface area contributed by atoms with Crippen LogP contribution < -0.4 is 10.1 Å². The first-order valence-corrected chi connectivity index (χ1v) is 7.16. The van der Waals surface area contributed by atoms with Crippen molar-refractivity contribution < 1.29 is 19.2 Å². The van der Waals surface area contributed by atoms with Gasteiger partial charge in [0.05, 0.1) is 11.5 Å². The third-order valence-corrected chi connectivity index (χ3v) is 3.21. The first kappa shape index (κ1) is 17.4. The van der Waals surface area contributed by atoms with E-state index in [1.54, 1.807) is 38.3 Å². The van der Waals surface area contributed by atoms with E-state index < -0.39 is 10.8 Å². The molecule has 0 unspecified atom stereocenters. The van der Waals surface area contributed by atoms with E-state index in [4.69, 9.17) is 9.47 Å². The van der Waals surface area contributed by atoms with Crippen molar-refractivity contribution in [3.05, 3.63) is 57.8 Å². The van der Waals surface area contributed by atoms with E-state index in [1.807, 2.05) is 0 Å². The minimum atomic E-state index is -0.492. The van der Waals surface area contributed by atoms with Gasteiger partial charge in [-0.25, -0.2) is 4.98 Å². The predicted octanol–water partition coefficient (Wildman–Crippen LogP) is 2.58. The standard InChI is InChI=1S/C16H17N3O5/c1-11-5-6-12(10-14(11)19(21)22)18-15(20)13-4-3-7-17-16(13)24-9-8-23-2/h3-7,10H,8-9H2,1-2H3,(H,18,20). The molecule has 1 aromatic heterocycles. The van der Waals surface area contributed by atoms with Crippen LogP contribution in [0.4, 0.5) is 11.4 Å². The van der Waals surface area contributed by atoms with Crippen LogP contribution in [-0.2, 0) is 4.74 Å². The molecule has 0 spiro atoms. The van der Waals surface area contributed by atoms with Crippen LogP contribution in [0.1, 0.15) is 15.9 Å². The van der Waals surface area contributed by atoms with Gasteiger partial charge in [-0.3, -0.25) is 14.9 Å². The number of amides is 1. The number of rotatable bonds is 7. The van der Waals surface area contributed by atoms with Crippen LogP contribution in [0.3, 0.4) is 0 Å². The van der Waals surface area contributed by atoms with Crippen molar-refractivity contribution >= 4 is 17.3 Å². The van der Waals surface area contributed by atoms with Crippen molar-refractivity contribution in [1.82, 2.24) is 4.98 Å². The smallest absolute Gasteiger partial charge is 0.274 e. The summed E-state index contributed by atoms with van der Waals surface area (Å²) in [6.07, 6.45) is 1.51. The molecule has 0 saturated heterocycles. The Morgan fingerprint density at radius 2 is 2.12 bits per heavy atom. The van der Waals surface area contributed by atoms with Crippen LogP contribution in [-0.4, -0.2) is 36.1 Å². The van der Waals surface area contributed by atoms with Crippen LogP contribution in [0.25, 0.3) is 0 Å². The van der Waals surface area contributed by atoms with E-state index in [0.29, 0.717) is 17.9 Å². The van der Waals surface area contributed by atoms with Crippen LogP contribution >= 0.6 is 0 Å². The average molecular weight is 331 g/mol. The molecule has 0 bridgehead atoms. The number of hydrogen-bond acceptors (Lipinski definition) is 6. The number of pyridine rings is 1. The highest BCUT2D eigenvalue weighted by Gasteiger charge is 2.16. The summed E-state index contributed by atoms with van der Waals surface area (Å²) < 4.78 is 10.3. The van der Waals surface area contributed by atoms with Gasteiger partial charge in [-0.2, -0.15) is 0 Å². The fraction of sp³-hybridized carbons (Fsp3) is 0.250. The van der Waals surface area contributed by atoms with Gasteiger partial charge >= 0.3 is 0 Å². The molecule has 24 heavy (non-hydrogen) atoms. The number of methoxy groups -OCH3 is 1. The number of nitrogens with zero attached hydrogens (tertiary/aromatic N) is 2. The summed E-state index contributed by atoms with van der Waals surface area (Å²) >= 11 is 0. The monoisotopic (exact) mass is 331 g/mol. The Bertz CT molecular complexity index is 748. The molecule has 1 N–H and O–H groups in total. The van der Waals surface area contributed by atoms with Gasteiger partial charge in [0.2, 0.25) is 5.88 Å². The summed E-state index contributed by atoms with van der Waals surface area (Å²) in [6, 6.07) is 7.66. The van der Waals surface area contributed by atoms with E-state index in [-0.39, 0.29) is 23.7 Å². The Morgan fingerprint density at radius 3 is 2.83 bits per heavy atom. The number of carbonyl (C=O) groups is 1. The number of nitrogens with one attached hydrogen (secondary N) is 1. The summed E-state index contributed by atoms with van der Waals surface area (Å²) in [5.74, 6) is -0.290. The molecule has 1 heterocycles. The number of ether oxygens (including phenoxy) is 2. The number of carbonyl (C=O) groups excluding carboxylic acids is 1. The first-order chi connectivity index (χ1) is 11.5. The lowest BCUT2D eigenvalue weighted by Gasteiger charge is -2.10. The van der Waals surface area contributed by atoms with Crippen molar-refractivity contribution in [1.29, 1.82) is 0 Å². The number of nitro groups is 1. The minimum Gasteiger partial charge on any atom is -0.475 e. The largest absolute Gasteiger partial charge is 0.475 e. The lowest BCUT2D eigenvalue weighted by atomic mass is 10.1. The van der Waals surface area contributed by atoms with Gasteiger partial charge in [-0.05, 0) is 25.1 Å². The van der Waals surface area contributed by atoms with Crippen molar-refractivity contribution in [3.63, 3.8) is 0 Å². The van der Waals surface area contributed by atoms with Gasteiger partial charge in [0.25, 0.3) is 11.6 Å². The Labute approximate surface area is 138 Å². The zero-order valence-electron chi connectivity index (χ0n) is 13.3. The second-order valence-corrected chi connectivity index (χ2v) is 4.91.